The molecule has 32 heavy (non-hydrogen) atoms. The van der Waals surface area contributed by atoms with Crippen LogP contribution in [0.5, 0.6) is 0 Å². The fourth-order valence-corrected chi connectivity index (χ4v) is 4.15. The van der Waals surface area contributed by atoms with Gasteiger partial charge in [-0.05, 0) is 42.5 Å². The van der Waals surface area contributed by atoms with Gasteiger partial charge in [-0.2, -0.15) is 0 Å². The van der Waals surface area contributed by atoms with E-state index in [1.165, 1.54) is 23.9 Å². The zero-order valence-corrected chi connectivity index (χ0v) is 18.4. The number of hydrogen-bond acceptors (Lipinski definition) is 6. The molecule has 0 spiro atoms. The molecule has 4 rings (SSSR count). The Labute approximate surface area is 189 Å². The molecular formula is C22H23FN6O2S. The highest BCUT2D eigenvalue weighted by Crippen LogP contribution is 2.21. The monoisotopic (exact) mass is 454 g/mol. The lowest BCUT2D eigenvalue weighted by molar-refractivity contribution is -0.113. The van der Waals surface area contributed by atoms with Crippen LogP contribution in [0.3, 0.4) is 0 Å². The number of rotatable bonds is 6. The minimum absolute atomic E-state index is 0.116. The van der Waals surface area contributed by atoms with E-state index in [4.69, 9.17) is 0 Å². The minimum Gasteiger partial charge on any atom is -0.368 e. The number of thioether (sulfide) groups is 1. The van der Waals surface area contributed by atoms with Crippen molar-refractivity contribution in [1.29, 1.82) is 0 Å². The number of benzene rings is 2. The van der Waals surface area contributed by atoms with Crippen LogP contribution in [0.4, 0.5) is 15.8 Å². The quantitative estimate of drug-likeness (QED) is 0.577. The molecule has 1 aromatic heterocycles. The van der Waals surface area contributed by atoms with Crippen molar-refractivity contribution in [3.63, 3.8) is 0 Å². The van der Waals surface area contributed by atoms with Crippen LogP contribution in [-0.4, -0.2) is 63.4 Å². The molecule has 1 N–H and O–H groups in total. The largest absolute Gasteiger partial charge is 0.368 e. The normalized spacial score (nSPS) is 13.8. The summed E-state index contributed by atoms with van der Waals surface area (Å²) >= 11 is 1.32. The molecule has 8 nitrogen and oxygen atoms in total. The van der Waals surface area contributed by atoms with Crippen molar-refractivity contribution >= 4 is 35.0 Å². The molecule has 0 saturated carbocycles. The number of aryl methyl sites for hydroxylation is 1. The van der Waals surface area contributed by atoms with E-state index in [1.807, 2.05) is 31.3 Å². The highest BCUT2D eigenvalue weighted by molar-refractivity contribution is 7.99. The van der Waals surface area contributed by atoms with Crippen molar-refractivity contribution in [2.45, 2.75) is 5.16 Å². The summed E-state index contributed by atoms with van der Waals surface area (Å²) in [7, 11) is 1.83. The number of hydrogen-bond donors (Lipinski definition) is 1. The molecular weight excluding hydrogens is 431 g/mol. The van der Waals surface area contributed by atoms with Crippen molar-refractivity contribution in [2.24, 2.45) is 7.05 Å². The Morgan fingerprint density at radius 2 is 1.84 bits per heavy atom. The zero-order valence-electron chi connectivity index (χ0n) is 17.6. The Kier molecular flexibility index (Phi) is 6.69. The van der Waals surface area contributed by atoms with Gasteiger partial charge in [0, 0.05) is 50.2 Å². The molecule has 10 heteroatoms. The average molecular weight is 455 g/mol. The summed E-state index contributed by atoms with van der Waals surface area (Å²) in [5.74, 6) is -0.430. The molecule has 2 heterocycles. The third-order valence-electron chi connectivity index (χ3n) is 5.16. The van der Waals surface area contributed by atoms with Gasteiger partial charge in [0.1, 0.15) is 12.1 Å². The first-order valence-electron chi connectivity index (χ1n) is 10.2. The number of carbonyl (C=O) groups excluding carboxylic acids is 2. The van der Waals surface area contributed by atoms with E-state index in [-0.39, 0.29) is 17.6 Å². The molecule has 1 saturated heterocycles. The molecule has 1 aliphatic heterocycles. The van der Waals surface area contributed by atoms with E-state index >= 15 is 0 Å². The molecule has 1 fully saturated rings. The maximum absolute atomic E-state index is 13.4. The zero-order chi connectivity index (χ0) is 22.5. The Morgan fingerprint density at radius 3 is 2.50 bits per heavy atom. The van der Waals surface area contributed by atoms with Gasteiger partial charge >= 0.3 is 0 Å². The number of carbonyl (C=O) groups is 2. The SMILES string of the molecule is Cn1cnnc1SCC(=O)Nc1ccc(N2CCN(C(=O)c3cccc(F)c3)CC2)cc1. The maximum atomic E-state index is 13.4. The predicted octanol–water partition coefficient (Wildman–Crippen LogP) is 2.65. The summed E-state index contributed by atoms with van der Waals surface area (Å²) < 4.78 is 15.2. The number of anilines is 2. The van der Waals surface area contributed by atoms with Crippen LogP contribution in [0.15, 0.2) is 60.0 Å². The van der Waals surface area contributed by atoms with E-state index in [0.29, 0.717) is 36.9 Å². The van der Waals surface area contributed by atoms with Gasteiger partial charge in [-0.15, -0.1) is 10.2 Å². The van der Waals surface area contributed by atoms with Gasteiger partial charge < -0.3 is 19.7 Å². The summed E-state index contributed by atoms with van der Waals surface area (Å²) in [4.78, 5) is 28.7. The Hall–Kier alpha value is -3.40. The molecule has 0 aliphatic carbocycles. The van der Waals surface area contributed by atoms with E-state index < -0.39 is 5.82 Å². The van der Waals surface area contributed by atoms with E-state index in [2.05, 4.69) is 20.4 Å². The van der Waals surface area contributed by atoms with Gasteiger partial charge in [-0.3, -0.25) is 9.59 Å². The highest BCUT2D eigenvalue weighted by Gasteiger charge is 2.22. The average Bonchev–Trinajstić information content (AvgIpc) is 3.22. The van der Waals surface area contributed by atoms with Gasteiger partial charge in [-0.25, -0.2) is 4.39 Å². The fraction of sp³-hybridized carbons (Fsp3) is 0.273. The van der Waals surface area contributed by atoms with Crippen LogP contribution in [0.25, 0.3) is 0 Å². The predicted molar refractivity (Wildman–Crippen MR) is 121 cm³/mol. The van der Waals surface area contributed by atoms with Crippen LogP contribution < -0.4 is 10.2 Å². The molecule has 1 aliphatic rings. The lowest BCUT2D eigenvalue weighted by Crippen LogP contribution is -2.48. The van der Waals surface area contributed by atoms with Crippen LogP contribution in [0.2, 0.25) is 0 Å². The standard InChI is InChI=1S/C22H23FN6O2S/c1-27-15-24-26-22(27)32-14-20(30)25-18-5-7-19(8-6-18)28-9-11-29(12-10-28)21(31)16-3-2-4-17(23)13-16/h2-8,13,15H,9-12,14H2,1H3,(H,25,30). The van der Waals surface area contributed by atoms with Gasteiger partial charge in [0.15, 0.2) is 5.16 Å². The fourth-order valence-electron chi connectivity index (χ4n) is 3.46. The summed E-state index contributed by atoms with van der Waals surface area (Å²) in [6.07, 6.45) is 1.59. The van der Waals surface area contributed by atoms with Crippen molar-refractivity contribution in [2.75, 3.05) is 42.1 Å². The lowest BCUT2D eigenvalue weighted by Gasteiger charge is -2.36. The van der Waals surface area contributed by atoms with Crippen molar-refractivity contribution in [1.82, 2.24) is 19.7 Å². The number of aromatic nitrogens is 3. The van der Waals surface area contributed by atoms with Gasteiger partial charge in [0.25, 0.3) is 5.91 Å². The van der Waals surface area contributed by atoms with Gasteiger partial charge in [-0.1, -0.05) is 17.8 Å². The Bertz CT molecular complexity index is 1100. The Balaban J connectivity index is 1.27. The highest BCUT2D eigenvalue weighted by atomic mass is 32.2. The van der Waals surface area contributed by atoms with Gasteiger partial charge in [0.2, 0.25) is 5.91 Å². The topological polar surface area (TPSA) is 83.4 Å². The molecule has 0 atom stereocenters. The minimum atomic E-state index is -0.408. The van der Waals surface area contributed by atoms with Crippen LogP contribution in [0.1, 0.15) is 10.4 Å². The Morgan fingerprint density at radius 1 is 1.09 bits per heavy atom. The third-order valence-corrected chi connectivity index (χ3v) is 6.19. The van der Waals surface area contributed by atoms with Crippen molar-refractivity contribution in [3.8, 4) is 0 Å². The van der Waals surface area contributed by atoms with E-state index in [0.717, 1.165) is 11.4 Å². The molecule has 0 unspecified atom stereocenters. The summed E-state index contributed by atoms with van der Waals surface area (Å²) in [5, 5.41) is 11.3. The number of halogens is 1. The first kappa shape index (κ1) is 21.8. The van der Waals surface area contributed by atoms with Crippen molar-refractivity contribution in [3.05, 3.63) is 66.2 Å². The first-order valence-corrected chi connectivity index (χ1v) is 11.1. The van der Waals surface area contributed by atoms with Crippen LogP contribution in [-0.2, 0) is 11.8 Å². The molecule has 0 radical (unpaired) electrons. The smallest absolute Gasteiger partial charge is 0.254 e. The number of amides is 2. The second-order valence-electron chi connectivity index (χ2n) is 7.40. The molecule has 3 aromatic rings. The second-order valence-corrected chi connectivity index (χ2v) is 8.34. The van der Waals surface area contributed by atoms with Crippen LogP contribution in [0, 0.1) is 5.82 Å². The summed E-state index contributed by atoms with van der Waals surface area (Å²) in [6.45, 7) is 2.49. The molecule has 166 valence electrons. The van der Waals surface area contributed by atoms with Crippen molar-refractivity contribution < 1.29 is 14.0 Å². The number of nitrogens with zero attached hydrogens (tertiary/aromatic N) is 5. The maximum Gasteiger partial charge on any atom is 0.254 e. The third kappa shape index (κ3) is 5.25. The number of piperazine rings is 1. The van der Waals surface area contributed by atoms with E-state index in [9.17, 15) is 14.0 Å². The van der Waals surface area contributed by atoms with Crippen LogP contribution >= 0.6 is 11.8 Å². The lowest BCUT2D eigenvalue weighted by atomic mass is 10.1. The molecule has 2 aromatic carbocycles. The van der Waals surface area contributed by atoms with E-state index in [1.54, 1.807) is 27.9 Å². The first-order chi connectivity index (χ1) is 15.5. The molecule has 2 amide bonds. The second kappa shape index (κ2) is 9.82. The summed E-state index contributed by atoms with van der Waals surface area (Å²) in [5.41, 5.74) is 2.11. The molecule has 0 bridgehead atoms. The summed E-state index contributed by atoms with van der Waals surface area (Å²) in [6, 6.07) is 13.4. The number of nitrogens with one attached hydrogen (secondary N) is 1. The van der Waals surface area contributed by atoms with Gasteiger partial charge in [0.05, 0.1) is 5.75 Å².